The van der Waals surface area contributed by atoms with Crippen molar-refractivity contribution in [3.05, 3.63) is 84.4 Å². The summed E-state index contributed by atoms with van der Waals surface area (Å²) in [4.78, 5) is 58.1. The fraction of sp³-hybridized carbons (Fsp3) is 0.333. The number of aryl methyl sites for hydroxylation is 2. The van der Waals surface area contributed by atoms with Crippen LogP contribution in [0.15, 0.2) is 72.8 Å². The van der Waals surface area contributed by atoms with Crippen molar-refractivity contribution >= 4 is 56.8 Å². The number of carbonyl (C=O) groups excluding carboxylic acids is 4. The Morgan fingerprint density at radius 1 is 0.571 bits per heavy atom. The molecule has 296 valence electrons. The number of hydrogen-bond acceptors (Lipinski definition) is 8. The van der Waals surface area contributed by atoms with Crippen LogP contribution in [-0.2, 0) is 31.9 Å². The molecule has 0 radical (unpaired) electrons. The number of nitrogens with one attached hydrogen (secondary N) is 4. The van der Waals surface area contributed by atoms with Gasteiger partial charge in [0.05, 0.1) is 36.3 Å². The lowest BCUT2D eigenvalue weighted by Crippen LogP contribution is -2.23. The molecule has 0 bridgehead atoms. The minimum atomic E-state index is -0.745. The van der Waals surface area contributed by atoms with Crippen LogP contribution in [0, 0.1) is 0 Å². The van der Waals surface area contributed by atoms with Crippen molar-refractivity contribution in [3.63, 3.8) is 0 Å². The number of fused-ring (bicyclic) bond motifs is 3. The van der Waals surface area contributed by atoms with Crippen LogP contribution in [0.5, 0.6) is 0 Å². The van der Waals surface area contributed by atoms with Crippen molar-refractivity contribution in [2.75, 3.05) is 27.3 Å². The highest BCUT2D eigenvalue weighted by molar-refractivity contribution is 5.93. The number of carbonyl (C=O) groups is 4. The molecule has 0 fully saturated rings. The summed E-state index contributed by atoms with van der Waals surface area (Å²) >= 11 is 0. The van der Waals surface area contributed by atoms with Gasteiger partial charge >= 0.3 is 12.2 Å². The number of primary amides is 2. The van der Waals surface area contributed by atoms with E-state index >= 15 is 0 Å². The van der Waals surface area contributed by atoms with Crippen molar-refractivity contribution < 1.29 is 28.7 Å². The van der Waals surface area contributed by atoms with Gasteiger partial charge in [0.2, 0.25) is 11.8 Å². The van der Waals surface area contributed by atoms with Crippen LogP contribution in [0.1, 0.15) is 64.0 Å². The highest BCUT2D eigenvalue weighted by Gasteiger charge is 2.09. The zero-order valence-electron chi connectivity index (χ0n) is 32.5. The van der Waals surface area contributed by atoms with E-state index in [0.29, 0.717) is 25.9 Å². The number of aromatic nitrogens is 4. The summed E-state index contributed by atoms with van der Waals surface area (Å²) < 4.78 is 7.78. The standard InChI is InChI=1S/C38H42N6O2.2C2H5NO2/c1-3-37(45)39-19-7-5-9-35-41-31-17-15-29(23-33(31)43-35)27-13-11-26-22-28(14-12-25(26)21-27)30-16-18-32-34(24-30)44-36(42-32)10-6-8-20-40-38(46)4-2;2*1-5-2(3)4/h11-18,21-24H,3-10,19-20H2,1-2H3,(H,39,45)(H,40,46)(H,41,43)(H,42,44);2*1H3,(H2,3,4). The number of imidazole rings is 2. The van der Waals surface area contributed by atoms with Gasteiger partial charge in [-0.3, -0.25) is 9.59 Å². The molecule has 8 N–H and O–H groups in total. The lowest BCUT2D eigenvalue weighted by Gasteiger charge is -2.07. The van der Waals surface area contributed by atoms with E-state index in [4.69, 9.17) is 9.97 Å². The zero-order chi connectivity index (χ0) is 40.5. The topological polar surface area (TPSA) is 220 Å². The maximum absolute atomic E-state index is 11.4. The molecule has 0 aliphatic rings. The highest BCUT2D eigenvalue weighted by Crippen LogP contribution is 2.31. The molecule has 0 spiro atoms. The second-order valence-electron chi connectivity index (χ2n) is 13.0. The summed E-state index contributed by atoms with van der Waals surface area (Å²) in [5.74, 6) is 2.18. The molecule has 14 heteroatoms. The van der Waals surface area contributed by atoms with Gasteiger partial charge in [0, 0.05) is 38.8 Å². The molecule has 4 amide bonds. The number of nitrogens with zero attached hydrogens (tertiary/aromatic N) is 2. The summed E-state index contributed by atoms with van der Waals surface area (Å²) in [5.41, 5.74) is 17.5. The van der Waals surface area contributed by atoms with Crippen LogP contribution >= 0.6 is 0 Å². The monoisotopic (exact) mass is 764 g/mol. The Labute approximate surface area is 326 Å². The Balaban J connectivity index is 0.000000620. The van der Waals surface area contributed by atoms with E-state index in [2.05, 4.69) is 114 Å². The second-order valence-corrected chi connectivity index (χ2v) is 13.0. The average Bonchev–Trinajstić information content (AvgIpc) is 3.83. The predicted octanol–water partition coefficient (Wildman–Crippen LogP) is 7.05. The summed E-state index contributed by atoms with van der Waals surface area (Å²) in [6.07, 6.45) is 5.11. The fourth-order valence-electron chi connectivity index (χ4n) is 5.87. The van der Waals surface area contributed by atoms with Crippen LogP contribution in [-0.4, -0.2) is 71.2 Å². The number of nitrogens with two attached hydrogens (primary N) is 2. The third kappa shape index (κ3) is 12.9. The van der Waals surface area contributed by atoms with Crippen molar-refractivity contribution in [2.24, 2.45) is 11.5 Å². The molecule has 56 heavy (non-hydrogen) atoms. The van der Waals surface area contributed by atoms with Crippen LogP contribution in [0.4, 0.5) is 9.59 Å². The third-order valence-electron chi connectivity index (χ3n) is 8.94. The number of rotatable bonds is 14. The molecular weight excluding hydrogens is 713 g/mol. The Morgan fingerprint density at radius 3 is 1.29 bits per heavy atom. The van der Waals surface area contributed by atoms with Crippen molar-refractivity contribution in [1.29, 1.82) is 0 Å². The van der Waals surface area contributed by atoms with Crippen LogP contribution in [0.3, 0.4) is 0 Å². The number of methoxy groups -OCH3 is 2. The molecule has 0 saturated carbocycles. The molecule has 0 saturated heterocycles. The fourth-order valence-corrected chi connectivity index (χ4v) is 5.87. The van der Waals surface area contributed by atoms with E-state index in [0.717, 1.165) is 83.4 Å². The minimum absolute atomic E-state index is 0.103. The lowest BCUT2D eigenvalue weighted by atomic mass is 9.97. The Bertz CT molecular complexity index is 2090. The predicted molar refractivity (Wildman–Crippen MR) is 220 cm³/mol. The molecule has 4 aromatic carbocycles. The summed E-state index contributed by atoms with van der Waals surface area (Å²) in [7, 11) is 2.45. The molecule has 6 aromatic rings. The van der Waals surface area contributed by atoms with Gasteiger partial charge in [-0.05, 0) is 95.1 Å². The van der Waals surface area contributed by atoms with Crippen LogP contribution < -0.4 is 22.1 Å². The first-order valence-corrected chi connectivity index (χ1v) is 18.8. The second kappa shape index (κ2) is 21.4. The number of amides is 4. The number of aromatic amines is 2. The molecule has 0 aliphatic heterocycles. The summed E-state index contributed by atoms with van der Waals surface area (Å²) in [6, 6.07) is 26.1. The van der Waals surface area contributed by atoms with Gasteiger partial charge in [-0.15, -0.1) is 0 Å². The van der Waals surface area contributed by atoms with E-state index in [1.807, 2.05) is 13.8 Å². The molecular formula is C42H52N8O6. The van der Waals surface area contributed by atoms with E-state index in [-0.39, 0.29) is 11.8 Å². The van der Waals surface area contributed by atoms with Gasteiger partial charge in [0.25, 0.3) is 0 Å². The smallest absolute Gasteiger partial charge is 0.404 e. The normalized spacial score (nSPS) is 10.6. The first kappa shape index (κ1) is 42.3. The van der Waals surface area contributed by atoms with Crippen molar-refractivity contribution in [1.82, 2.24) is 30.6 Å². The van der Waals surface area contributed by atoms with E-state index in [1.165, 1.54) is 36.1 Å². The molecule has 2 heterocycles. The quantitative estimate of drug-likeness (QED) is 0.0630. The first-order chi connectivity index (χ1) is 27.0. The number of ether oxygens (including phenoxy) is 2. The number of benzene rings is 4. The van der Waals surface area contributed by atoms with Gasteiger partial charge < -0.3 is 41.5 Å². The Hall–Kier alpha value is -6.44. The van der Waals surface area contributed by atoms with Gasteiger partial charge in [-0.1, -0.05) is 50.2 Å². The van der Waals surface area contributed by atoms with Gasteiger partial charge in [0.15, 0.2) is 0 Å². The van der Waals surface area contributed by atoms with E-state index in [9.17, 15) is 19.2 Å². The molecule has 0 unspecified atom stereocenters. The molecule has 6 rings (SSSR count). The lowest BCUT2D eigenvalue weighted by molar-refractivity contribution is -0.121. The summed E-state index contributed by atoms with van der Waals surface area (Å²) in [5, 5.41) is 8.26. The average molecular weight is 765 g/mol. The van der Waals surface area contributed by atoms with Crippen LogP contribution in [0.25, 0.3) is 55.1 Å². The van der Waals surface area contributed by atoms with Gasteiger partial charge in [-0.25, -0.2) is 19.6 Å². The number of unbranched alkanes of at least 4 members (excludes halogenated alkanes) is 2. The number of hydrogen-bond donors (Lipinski definition) is 6. The minimum Gasteiger partial charge on any atom is -0.453 e. The van der Waals surface area contributed by atoms with E-state index in [1.54, 1.807) is 0 Å². The SMILES string of the molecule is CCC(=O)NCCCCc1nc2ccc(-c3ccc4cc(-c5ccc6nc(CCCCNC(=O)CC)[nH]c6c5)ccc4c3)cc2[nH]1.COC(N)=O.COC(N)=O. The highest BCUT2D eigenvalue weighted by atomic mass is 16.5. The van der Waals surface area contributed by atoms with Gasteiger partial charge in [0.1, 0.15) is 11.6 Å². The number of H-pyrrole nitrogens is 2. The largest absolute Gasteiger partial charge is 0.453 e. The molecule has 2 aromatic heterocycles. The van der Waals surface area contributed by atoms with Crippen LogP contribution in [0.2, 0.25) is 0 Å². The maximum atomic E-state index is 11.4. The van der Waals surface area contributed by atoms with E-state index < -0.39 is 12.2 Å². The van der Waals surface area contributed by atoms with Gasteiger partial charge in [-0.2, -0.15) is 0 Å². The molecule has 0 aliphatic carbocycles. The third-order valence-corrected chi connectivity index (χ3v) is 8.94. The molecule has 0 atom stereocenters. The Morgan fingerprint density at radius 2 is 0.929 bits per heavy atom. The maximum Gasteiger partial charge on any atom is 0.404 e. The zero-order valence-corrected chi connectivity index (χ0v) is 32.5. The van der Waals surface area contributed by atoms with Crippen molar-refractivity contribution in [2.45, 2.75) is 65.2 Å². The van der Waals surface area contributed by atoms with Crippen molar-refractivity contribution in [3.8, 4) is 22.3 Å². The first-order valence-electron chi connectivity index (χ1n) is 18.8. The summed E-state index contributed by atoms with van der Waals surface area (Å²) in [6.45, 7) is 5.17. The Kier molecular flexibility index (Phi) is 16.2. The molecule has 14 nitrogen and oxygen atoms in total.